The molecule has 294 valence electrons. The van der Waals surface area contributed by atoms with Crippen LogP contribution in [0.5, 0.6) is 0 Å². The number of nitrogens with zero attached hydrogens (tertiary/aromatic N) is 5. The van der Waals surface area contributed by atoms with E-state index in [4.69, 9.17) is 9.72 Å². The lowest BCUT2D eigenvalue weighted by Gasteiger charge is -2.53. The minimum absolute atomic E-state index is 0.0822. The number of pyridine rings is 2. The Morgan fingerprint density at radius 1 is 0.930 bits per heavy atom. The van der Waals surface area contributed by atoms with Crippen molar-refractivity contribution in [1.29, 1.82) is 5.26 Å². The number of allylic oxidation sites excluding steroid dienone is 2. The van der Waals surface area contributed by atoms with Crippen LogP contribution < -0.4 is 20.4 Å². The molecule has 57 heavy (non-hydrogen) atoms. The number of aldehydes is 1. The van der Waals surface area contributed by atoms with Crippen LogP contribution in [0.25, 0.3) is 5.57 Å². The SMILES string of the molecule is CC.CNc1ccc(C(=O)N2CCC3=C(CC(C(=O)Nc4c(C)cccc4C#N)=C3)c3nc(C)ccc32)cc1.Cc1ccc(C=O)c(N2CC3(CCOCC3)C2)n1. The van der Waals surface area contributed by atoms with E-state index in [1.165, 1.54) is 0 Å². The summed E-state index contributed by atoms with van der Waals surface area (Å²) < 4.78 is 5.42. The third-order valence-electron chi connectivity index (χ3n) is 11.0. The Kier molecular flexibility index (Phi) is 12.6. The second-order valence-electron chi connectivity index (χ2n) is 14.7. The summed E-state index contributed by atoms with van der Waals surface area (Å²) in [6.45, 7) is 14.0. The highest BCUT2D eigenvalue weighted by Gasteiger charge is 2.45. The predicted octanol–water partition coefficient (Wildman–Crippen LogP) is 8.23. The molecule has 2 amide bonds. The normalized spacial score (nSPS) is 16.2. The molecule has 4 aliphatic rings. The minimum atomic E-state index is -0.231. The topological polar surface area (TPSA) is 141 Å². The van der Waals surface area contributed by atoms with Crippen LogP contribution in [0.15, 0.2) is 84.0 Å². The Hall–Kier alpha value is -6.12. The van der Waals surface area contributed by atoms with Gasteiger partial charge in [0.15, 0.2) is 6.29 Å². The van der Waals surface area contributed by atoms with Crippen LogP contribution in [0.4, 0.5) is 22.9 Å². The second kappa shape index (κ2) is 17.8. The number of carbonyl (C=O) groups is 3. The van der Waals surface area contributed by atoms with E-state index in [-0.39, 0.29) is 11.8 Å². The first kappa shape index (κ1) is 40.5. The zero-order valence-electron chi connectivity index (χ0n) is 33.7. The largest absolute Gasteiger partial charge is 0.388 e. The van der Waals surface area contributed by atoms with Gasteiger partial charge < -0.3 is 25.2 Å². The fourth-order valence-corrected chi connectivity index (χ4v) is 7.80. The van der Waals surface area contributed by atoms with Gasteiger partial charge in [0.05, 0.1) is 28.2 Å². The van der Waals surface area contributed by atoms with Gasteiger partial charge in [0.25, 0.3) is 11.8 Å². The molecule has 3 aliphatic heterocycles. The average molecular weight is 766 g/mol. The van der Waals surface area contributed by atoms with Crippen LogP contribution >= 0.6 is 0 Å². The van der Waals surface area contributed by atoms with Gasteiger partial charge in [-0.2, -0.15) is 5.26 Å². The highest BCUT2D eigenvalue weighted by atomic mass is 16.5. The number of aryl methyl sites for hydroxylation is 3. The number of hydrogen-bond donors (Lipinski definition) is 2. The van der Waals surface area contributed by atoms with Gasteiger partial charge in [0.2, 0.25) is 0 Å². The number of hydrogen-bond acceptors (Lipinski definition) is 9. The summed E-state index contributed by atoms with van der Waals surface area (Å²) in [4.78, 5) is 51.2. The molecule has 2 saturated heterocycles. The number of aromatic nitrogens is 2. The highest BCUT2D eigenvalue weighted by molar-refractivity contribution is 6.11. The molecule has 2 N–H and O–H groups in total. The first-order chi connectivity index (χ1) is 27.6. The molecule has 2 aromatic heterocycles. The van der Waals surface area contributed by atoms with Crippen molar-refractivity contribution in [2.24, 2.45) is 5.41 Å². The molecular weight excluding hydrogens is 715 g/mol. The lowest BCUT2D eigenvalue weighted by Crippen LogP contribution is -2.59. The fraction of sp³-hybridized carbons (Fsp3) is 0.348. The Labute approximate surface area is 335 Å². The van der Waals surface area contributed by atoms with Crippen LogP contribution in [-0.2, 0) is 9.53 Å². The van der Waals surface area contributed by atoms with E-state index in [9.17, 15) is 19.6 Å². The number of carbonyl (C=O) groups excluding carboxylic acids is 3. The summed E-state index contributed by atoms with van der Waals surface area (Å²) in [7, 11) is 1.84. The predicted molar refractivity (Wildman–Crippen MR) is 226 cm³/mol. The van der Waals surface area contributed by atoms with Crippen molar-refractivity contribution < 1.29 is 19.1 Å². The number of benzene rings is 2. The first-order valence-electron chi connectivity index (χ1n) is 19.7. The van der Waals surface area contributed by atoms with Gasteiger partial charge in [-0.05, 0) is 117 Å². The highest BCUT2D eigenvalue weighted by Crippen LogP contribution is 2.43. The molecule has 8 rings (SSSR count). The quantitative estimate of drug-likeness (QED) is 0.186. The molecule has 11 heteroatoms. The number of ether oxygens (including phenoxy) is 1. The molecule has 0 atom stereocenters. The molecule has 2 fully saturated rings. The zero-order chi connectivity index (χ0) is 40.7. The third-order valence-corrected chi connectivity index (χ3v) is 11.0. The number of nitriles is 1. The van der Waals surface area contributed by atoms with Gasteiger partial charge >= 0.3 is 0 Å². The molecule has 0 bridgehead atoms. The lowest BCUT2D eigenvalue weighted by molar-refractivity contribution is -0.112. The van der Waals surface area contributed by atoms with Crippen molar-refractivity contribution in [2.45, 2.75) is 60.3 Å². The summed E-state index contributed by atoms with van der Waals surface area (Å²) in [6, 6.07) is 22.5. The molecule has 0 saturated carbocycles. The van der Waals surface area contributed by atoms with Crippen molar-refractivity contribution in [2.75, 3.05) is 60.3 Å². The van der Waals surface area contributed by atoms with E-state index >= 15 is 0 Å². The van der Waals surface area contributed by atoms with E-state index in [0.717, 1.165) is 96.4 Å². The molecule has 2 aromatic carbocycles. The number of para-hydroxylation sites is 1. The number of anilines is 4. The molecule has 11 nitrogen and oxygen atoms in total. The maximum atomic E-state index is 13.5. The molecule has 1 spiro atoms. The van der Waals surface area contributed by atoms with Crippen LogP contribution in [0.2, 0.25) is 0 Å². The number of rotatable bonds is 6. The van der Waals surface area contributed by atoms with Crippen LogP contribution in [0.1, 0.15) is 88.5 Å². The molecule has 0 unspecified atom stereocenters. The van der Waals surface area contributed by atoms with Crippen LogP contribution in [0, 0.1) is 37.5 Å². The maximum Gasteiger partial charge on any atom is 0.258 e. The first-order valence-corrected chi connectivity index (χ1v) is 19.7. The molecule has 4 aromatic rings. The van der Waals surface area contributed by atoms with Gasteiger partial charge in [-0.25, -0.2) is 4.98 Å². The number of fused-ring (bicyclic) bond motifs is 2. The van der Waals surface area contributed by atoms with Gasteiger partial charge in [-0.3, -0.25) is 19.4 Å². The van der Waals surface area contributed by atoms with Crippen molar-refractivity contribution in [3.8, 4) is 6.07 Å². The fourth-order valence-electron chi connectivity index (χ4n) is 7.80. The smallest absolute Gasteiger partial charge is 0.258 e. The molecule has 5 heterocycles. The Bertz CT molecular complexity index is 2260. The Morgan fingerprint density at radius 3 is 2.32 bits per heavy atom. The number of amides is 2. The van der Waals surface area contributed by atoms with Crippen LogP contribution in [-0.4, -0.2) is 68.0 Å². The monoisotopic (exact) mass is 765 g/mol. The second-order valence-corrected chi connectivity index (χ2v) is 14.7. The van der Waals surface area contributed by atoms with E-state index < -0.39 is 0 Å². The van der Waals surface area contributed by atoms with E-state index in [1.54, 1.807) is 17.0 Å². The Morgan fingerprint density at radius 2 is 1.63 bits per heavy atom. The minimum Gasteiger partial charge on any atom is -0.388 e. The zero-order valence-corrected chi connectivity index (χ0v) is 33.7. The van der Waals surface area contributed by atoms with E-state index in [2.05, 4.69) is 26.6 Å². The summed E-state index contributed by atoms with van der Waals surface area (Å²) in [5.74, 6) is 0.536. The summed E-state index contributed by atoms with van der Waals surface area (Å²) >= 11 is 0. The van der Waals surface area contributed by atoms with Gasteiger partial charge in [-0.15, -0.1) is 0 Å². The Balaban J connectivity index is 0.000000229. The van der Waals surface area contributed by atoms with Gasteiger partial charge in [0.1, 0.15) is 11.9 Å². The van der Waals surface area contributed by atoms with Crippen molar-refractivity contribution >= 4 is 46.6 Å². The van der Waals surface area contributed by atoms with Gasteiger partial charge in [0, 0.05) is 79.9 Å². The van der Waals surface area contributed by atoms with E-state index in [1.807, 2.05) is 102 Å². The van der Waals surface area contributed by atoms with E-state index in [0.29, 0.717) is 52.8 Å². The van der Waals surface area contributed by atoms with Crippen molar-refractivity contribution in [3.05, 3.63) is 123 Å². The van der Waals surface area contributed by atoms with Crippen molar-refractivity contribution in [3.63, 3.8) is 0 Å². The lowest BCUT2D eigenvalue weighted by atomic mass is 9.73. The third kappa shape index (κ3) is 8.66. The summed E-state index contributed by atoms with van der Waals surface area (Å²) in [6.07, 6.45) is 6.10. The standard InChI is InChI=1S/C30H27N5O2.C14H18N2O2.C2H6/c1-18-5-4-6-22(17-31)27(18)34-29(36)23-15-21-13-14-35(30(37)20-8-10-24(32-3)11-9-20)26-12-7-19(2)33-28(26)25(21)16-23;1-11-2-3-12(8-17)13(15-11)16-9-14(10-16)4-6-18-7-5-14;1-2/h4-12,15,32H,13-14,16H2,1-3H3,(H,34,36);2-3,8H,4-7,9-10H2,1H3;1-2H3. The van der Waals surface area contributed by atoms with Crippen molar-refractivity contribution in [1.82, 2.24) is 9.97 Å². The maximum absolute atomic E-state index is 13.5. The molecule has 0 radical (unpaired) electrons. The summed E-state index contributed by atoms with van der Waals surface area (Å²) in [5, 5.41) is 15.5. The molecular formula is C46H51N7O4. The van der Waals surface area contributed by atoms with Crippen LogP contribution in [0.3, 0.4) is 0 Å². The van der Waals surface area contributed by atoms with Gasteiger partial charge in [-0.1, -0.05) is 26.0 Å². The average Bonchev–Trinajstić information content (AvgIpc) is 3.60. The molecule has 1 aliphatic carbocycles. The summed E-state index contributed by atoms with van der Waals surface area (Å²) in [5.41, 5.74) is 10.3. The number of nitrogens with one attached hydrogen (secondary N) is 2.